The van der Waals surface area contributed by atoms with E-state index in [1.807, 2.05) is 0 Å². The highest BCUT2D eigenvalue weighted by atomic mass is 32.1. The molecule has 0 unspecified atom stereocenters. The predicted molar refractivity (Wildman–Crippen MR) is 136 cm³/mol. The first kappa shape index (κ1) is 25.2. The molecular weight excluding hydrogens is 521 g/mol. The second-order valence-corrected chi connectivity index (χ2v) is 9.42. The normalized spacial score (nSPS) is 11.9. The van der Waals surface area contributed by atoms with Crippen LogP contribution in [0.3, 0.4) is 0 Å². The number of fused-ring (bicyclic) bond motifs is 2. The number of rotatable bonds is 7. The zero-order valence-corrected chi connectivity index (χ0v) is 20.3. The first-order chi connectivity index (χ1) is 18.1. The summed E-state index contributed by atoms with van der Waals surface area (Å²) in [5, 5.41) is 22.7. The Morgan fingerprint density at radius 2 is 1.84 bits per heavy atom. The van der Waals surface area contributed by atoms with E-state index in [2.05, 4.69) is 9.97 Å². The van der Waals surface area contributed by atoms with E-state index in [4.69, 9.17) is 5.73 Å². The van der Waals surface area contributed by atoms with Crippen molar-refractivity contribution >= 4 is 50.0 Å². The zero-order chi connectivity index (χ0) is 27.2. The van der Waals surface area contributed by atoms with Crippen molar-refractivity contribution in [3.63, 3.8) is 0 Å². The topological polar surface area (TPSA) is 131 Å². The smallest absolute Gasteiger partial charge is 0.418 e. The van der Waals surface area contributed by atoms with Crippen molar-refractivity contribution in [2.75, 3.05) is 5.73 Å². The van der Waals surface area contributed by atoms with Gasteiger partial charge in [-0.2, -0.15) is 13.2 Å². The van der Waals surface area contributed by atoms with Gasteiger partial charge in [-0.05, 0) is 37.1 Å². The minimum atomic E-state index is -4.74. The summed E-state index contributed by atoms with van der Waals surface area (Å²) in [7, 11) is 0. The lowest BCUT2D eigenvalue weighted by molar-refractivity contribution is -0.136. The molecule has 5 rings (SSSR count). The number of hydrogen-bond acceptors (Lipinski definition) is 7. The fourth-order valence-electron chi connectivity index (χ4n) is 4.52. The average Bonchev–Trinajstić information content (AvgIpc) is 3.47. The number of carboxylic acids is 1. The van der Waals surface area contributed by atoms with Crippen LogP contribution in [0, 0.1) is 0 Å². The van der Waals surface area contributed by atoms with Gasteiger partial charge in [0.1, 0.15) is 17.1 Å². The van der Waals surface area contributed by atoms with E-state index in [0.29, 0.717) is 5.52 Å². The number of carbonyl (C=O) groups excluding carboxylic acids is 1. The number of pyridine rings is 1. The molecular formula is C26H19F3N4O4S. The number of halogens is 3. The molecule has 194 valence electrons. The van der Waals surface area contributed by atoms with E-state index >= 15 is 0 Å². The highest BCUT2D eigenvalue weighted by Gasteiger charge is 2.35. The van der Waals surface area contributed by atoms with E-state index in [9.17, 15) is 33.0 Å². The molecule has 12 heteroatoms. The molecule has 3 heterocycles. The number of ketones is 1. The van der Waals surface area contributed by atoms with E-state index in [-0.39, 0.29) is 52.5 Å². The lowest BCUT2D eigenvalue weighted by atomic mass is 9.98. The molecule has 0 saturated heterocycles. The number of anilines is 1. The molecule has 4 N–H and O–H groups in total. The third-order valence-electron chi connectivity index (χ3n) is 6.18. The van der Waals surface area contributed by atoms with Crippen LogP contribution < -0.4 is 5.73 Å². The van der Waals surface area contributed by atoms with E-state index in [1.165, 1.54) is 17.5 Å². The lowest BCUT2D eigenvalue weighted by Gasteiger charge is -2.16. The quantitative estimate of drug-likeness (QED) is 0.232. The second-order valence-electron chi connectivity index (χ2n) is 8.53. The Labute approximate surface area is 216 Å². The van der Waals surface area contributed by atoms with Gasteiger partial charge >= 0.3 is 12.1 Å². The molecule has 0 aliphatic carbocycles. The fourth-order valence-corrected chi connectivity index (χ4v) is 5.06. The monoisotopic (exact) mass is 540 g/mol. The van der Waals surface area contributed by atoms with Gasteiger partial charge < -0.3 is 20.5 Å². The average molecular weight is 541 g/mol. The summed E-state index contributed by atoms with van der Waals surface area (Å²) in [6, 6.07) is 11.9. The number of hydrogen-bond donors (Lipinski definition) is 3. The summed E-state index contributed by atoms with van der Waals surface area (Å²) >= 11 is 1.01. The maximum Gasteiger partial charge on any atom is 0.418 e. The van der Waals surface area contributed by atoms with Crippen molar-refractivity contribution in [3.8, 4) is 5.75 Å². The standard InChI is InChI=1S/C26H19F3N4O4S/c27-26(28,29)15-7-3-6-14-21(15)31-16(20(22(14)34)23(35)17-12-38-25(30)32-17)8-4-10-33-18-9-2-1-5-13(18)11-19(33)24(36)37/h1-3,5-7,9,11-12H,4,8,10H2,(H2,30,32)(H,31,34)(H,36,37). The number of benzene rings is 2. The minimum absolute atomic E-state index is 0.0258. The van der Waals surface area contributed by atoms with E-state index in [1.54, 1.807) is 28.8 Å². The SMILES string of the molecule is Nc1nc(C(=O)c2c(CCCn3c(C(=O)O)cc4ccccc43)nc3c(C(F)(F)F)cccc3c2O)cs1. The lowest BCUT2D eigenvalue weighted by Crippen LogP contribution is -2.13. The van der Waals surface area contributed by atoms with Crippen LogP contribution >= 0.6 is 11.3 Å². The highest BCUT2D eigenvalue weighted by Crippen LogP contribution is 2.39. The summed E-state index contributed by atoms with van der Waals surface area (Å²) in [5.74, 6) is -2.49. The number of aromatic nitrogens is 3. The minimum Gasteiger partial charge on any atom is -0.506 e. The summed E-state index contributed by atoms with van der Waals surface area (Å²) in [4.78, 5) is 33.3. The van der Waals surface area contributed by atoms with Gasteiger partial charge in [-0.25, -0.2) is 9.78 Å². The van der Waals surface area contributed by atoms with Crippen LogP contribution in [0.2, 0.25) is 0 Å². The Balaban J connectivity index is 1.60. The molecule has 0 atom stereocenters. The molecule has 0 saturated carbocycles. The van der Waals surface area contributed by atoms with Gasteiger partial charge in [0.15, 0.2) is 5.13 Å². The third kappa shape index (κ3) is 4.43. The van der Waals surface area contributed by atoms with Crippen LogP contribution in [0.15, 0.2) is 53.9 Å². The summed E-state index contributed by atoms with van der Waals surface area (Å²) < 4.78 is 42.8. The van der Waals surface area contributed by atoms with Crippen LogP contribution in [-0.2, 0) is 19.1 Å². The zero-order valence-electron chi connectivity index (χ0n) is 19.5. The van der Waals surface area contributed by atoms with Gasteiger partial charge in [-0.1, -0.05) is 24.3 Å². The molecule has 0 spiro atoms. The number of nitrogens with zero attached hydrogens (tertiary/aromatic N) is 3. The molecule has 3 aromatic heterocycles. The Hall–Kier alpha value is -4.45. The molecule has 0 aliphatic rings. The van der Waals surface area contributed by atoms with Gasteiger partial charge in [0.05, 0.1) is 22.3 Å². The number of aromatic hydroxyl groups is 1. The maximum absolute atomic E-state index is 13.7. The number of aryl methyl sites for hydroxylation is 2. The molecule has 8 nitrogen and oxygen atoms in total. The molecule has 0 amide bonds. The van der Waals surface area contributed by atoms with Gasteiger partial charge in [0.2, 0.25) is 5.78 Å². The number of carbonyl (C=O) groups is 2. The number of thiazole rings is 1. The van der Waals surface area contributed by atoms with Crippen LogP contribution in [0.5, 0.6) is 5.75 Å². The van der Waals surface area contributed by atoms with Crippen molar-refractivity contribution in [2.24, 2.45) is 0 Å². The van der Waals surface area contributed by atoms with Crippen LogP contribution in [0.1, 0.15) is 44.2 Å². The number of nitrogens with two attached hydrogens (primary N) is 1. The Bertz CT molecular complexity index is 1730. The molecule has 0 fully saturated rings. The van der Waals surface area contributed by atoms with Gasteiger partial charge in [0, 0.05) is 28.2 Å². The van der Waals surface area contributed by atoms with E-state index < -0.39 is 34.8 Å². The largest absolute Gasteiger partial charge is 0.506 e. The number of nitrogen functional groups attached to an aromatic ring is 1. The van der Waals surface area contributed by atoms with E-state index in [0.717, 1.165) is 28.9 Å². The number of alkyl halides is 3. The molecule has 2 aromatic carbocycles. The fraction of sp³-hybridized carbons (Fsp3) is 0.154. The van der Waals surface area contributed by atoms with Gasteiger partial charge in [-0.3, -0.25) is 9.78 Å². The van der Waals surface area contributed by atoms with Gasteiger partial charge in [0.25, 0.3) is 0 Å². The number of aromatic carboxylic acids is 1. The number of para-hydroxylation sites is 2. The summed E-state index contributed by atoms with van der Waals surface area (Å²) in [6.45, 7) is 0.174. The number of carboxylic acid groups (broad SMARTS) is 1. The first-order valence-electron chi connectivity index (χ1n) is 11.3. The van der Waals surface area contributed by atoms with Crippen LogP contribution in [0.25, 0.3) is 21.8 Å². The van der Waals surface area contributed by atoms with Crippen molar-refractivity contribution in [1.29, 1.82) is 0 Å². The summed E-state index contributed by atoms with van der Waals surface area (Å²) in [5.41, 5.74) is 4.45. The van der Waals surface area contributed by atoms with Crippen molar-refractivity contribution in [2.45, 2.75) is 25.6 Å². The Morgan fingerprint density at radius 3 is 2.53 bits per heavy atom. The Morgan fingerprint density at radius 1 is 1.08 bits per heavy atom. The molecule has 0 bridgehead atoms. The van der Waals surface area contributed by atoms with Crippen LogP contribution in [-0.4, -0.2) is 36.5 Å². The first-order valence-corrected chi connectivity index (χ1v) is 12.2. The third-order valence-corrected chi connectivity index (χ3v) is 6.85. The van der Waals surface area contributed by atoms with Gasteiger partial charge in [-0.15, -0.1) is 11.3 Å². The molecule has 5 aromatic rings. The maximum atomic E-state index is 13.7. The molecule has 0 radical (unpaired) electrons. The summed E-state index contributed by atoms with van der Waals surface area (Å²) in [6.07, 6.45) is -4.56. The van der Waals surface area contributed by atoms with Crippen molar-refractivity contribution < 1.29 is 33.0 Å². The Kier molecular flexibility index (Phi) is 6.27. The molecule has 38 heavy (non-hydrogen) atoms. The van der Waals surface area contributed by atoms with Crippen LogP contribution in [0.4, 0.5) is 18.3 Å². The predicted octanol–water partition coefficient (Wildman–Crippen LogP) is 5.51. The highest BCUT2D eigenvalue weighted by molar-refractivity contribution is 7.13. The van der Waals surface area contributed by atoms with Crippen molar-refractivity contribution in [3.05, 3.63) is 82.1 Å². The second kappa shape index (κ2) is 9.45. The van der Waals surface area contributed by atoms with Crippen molar-refractivity contribution in [1.82, 2.24) is 14.5 Å². The molecule has 0 aliphatic heterocycles.